The molecule has 0 spiro atoms. The van der Waals surface area contributed by atoms with E-state index in [4.69, 9.17) is 14.2 Å². The van der Waals surface area contributed by atoms with Crippen LogP contribution in [0.1, 0.15) is 16.7 Å². The Labute approximate surface area is 176 Å². The van der Waals surface area contributed by atoms with Crippen LogP contribution in [0.2, 0.25) is 0 Å². The van der Waals surface area contributed by atoms with Crippen molar-refractivity contribution >= 4 is 11.5 Å². The van der Waals surface area contributed by atoms with Gasteiger partial charge in [-0.15, -0.1) is 0 Å². The summed E-state index contributed by atoms with van der Waals surface area (Å²) < 4.78 is 15.7. The Bertz CT molecular complexity index is 941. The van der Waals surface area contributed by atoms with Gasteiger partial charge in [0.2, 0.25) is 5.91 Å². The number of benzene rings is 3. The lowest BCUT2D eigenvalue weighted by Gasteiger charge is -2.11. The molecule has 0 saturated heterocycles. The van der Waals surface area contributed by atoms with Crippen LogP contribution < -0.4 is 19.5 Å². The van der Waals surface area contributed by atoms with Crippen molar-refractivity contribution < 1.29 is 19.0 Å². The molecule has 0 atom stereocenters. The van der Waals surface area contributed by atoms with E-state index in [9.17, 15) is 4.79 Å². The predicted molar refractivity (Wildman–Crippen MR) is 118 cm³/mol. The van der Waals surface area contributed by atoms with Gasteiger partial charge in [0.05, 0.1) is 21.3 Å². The summed E-state index contributed by atoms with van der Waals surface area (Å²) in [4.78, 5) is 12.7. The maximum atomic E-state index is 12.7. The molecule has 0 aliphatic carbocycles. The number of hydrogen-bond donors (Lipinski definition) is 1. The van der Waals surface area contributed by atoms with Crippen molar-refractivity contribution in [1.29, 1.82) is 0 Å². The molecule has 0 aliphatic rings. The molecule has 5 heteroatoms. The second-order valence-electron chi connectivity index (χ2n) is 6.58. The van der Waals surface area contributed by atoms with Crippen molar-refractivity contribution in [3.8, 4) is 17.2 Å². The van der Waals surface area contributed by atoms with Gasteiger partial charge in [-0.2, -0.15) is 0 Å². The third kappa shape index (κ3) is 5.41. The highest BCUT2D eigenvalue weighted by Crippen LogP contribution is 2.27. The second-order valence-corrected chi connectivity index (χ2v) is 6.58. The van der Waals surface area contributed by atoms with Crippen LogP contribution in [0.3, 0.4) is 0 Å². The molecule has 0 saturated carbocycles. The minimum absolute atomic E-state index is 0.174. The zero-order valence-electron chi connectivity index (χ0n) is 17.3. The van der Waals surface area contributed by atoms with Gasteiger partial charge in [0.25, 0.3) is 0 Å². The van der Waals surface area contributed by atoms with Crippen LogP contribution in [0.4, 0.5) is 0 Å². The first-order valence-electron chi connectivity index (χ1n) is 9.54. The summed E-state index contributed by atoms with van der Waals surface area (Å²) in [6.45, 7) is 0.428. The molecule has 0 heterocycles. The summed E-state index contributed by atoms with van der Waals surface area (Å²) in [5, 5.41) is 2.95. The molecular weight excluding hydrogens is 378 g/mol. The molecule has 5 nitrogen and oxygen atoms in total. The van der Waals surface area contributed by atoms with Crippen molar-refractivity contribution in [3.05, 3.63) is 95.6 Å². The van der Waals surface area contributed by atoms with E-state index in [-0.39, 0.29) is 5.91 Å². The van der Waals surface area contributed by atoms with Crippen molar-refractivity contribution in [2.24, 2.45) is 0 Å². The van der Waals surface area contributed by atoms with Gasteiger partial charge in [0.1, 0.15) is 17.2 Å². The third-order valence-corrected chi connectivity index (χ3v) is 4.70. The van der Waals surface area contributed by atoms with Crippen LogP contribution in [-0.2, 0) is 11.3 Å². The Morgan fingerprint density at radius 3 is 1.50 bits per heavy atom. The van der Waals surface area contributed by atoms with E-state index in [1.807, 2.05) is 72.8 Å². The van der Waals surface area contributed by atoms with Gasteiger partial charge in [-0.3, -0.25) is 4.79 Å². The molecular formula is C25H25NO4. The second kappa shape index (κ2) is 10.2. The fourth-order valence-electron chi connectivity index (χ4n) is 2.99. The fourth-order valence-corrected chi connectivity index (χ4v) is 2.99. The molecule has 154 valence electrons. The third-order valence-electron chi connectivity index (χ3n) is 4.70. The van der Waals surface area contributed by atoms with Gasteiger partial charge in [0.15, 0.2) is 0 Å². The van der Waals surface area contributed by atoms with Crippen molar-refractivity contribution in [3.63, 3.8) is 0 Å². The lowest BCUT2D eigenvalue weighted by Crippen LogP contribution is -2.20. The Hall–Kier alpha value is -3.73. The van der Waals surface area contributed by atoms with Crippen LogP contribution in [0, 0.1) is 0 Å². The van der Waals surface area contributed by atoms with E-state index in [0.29, 0.717) is 6.54 Å². The molecule has 1 N–H and O–H groups in total. The standard InChI is InChI=1S/C25H25NO4/c1-28-21-10-4-18(5-11-21)17-26-25(27)16-24(19-6-12-22(29-2)13-7-19)20-8-14-23(30-3)15-9-20/h4-16H,17H2,1-3H3,(H,26,27). The van der Waals surface area contributed by atoms with E-state index in [2.05, 4.69) is 5.32 Å². The molecule has 0 aliphatic heterocycles. The largest absolute Gasteiger partial charge is 0.497 e. The minimum Gasteiger partial charge on any atom is -0.497 e. The van der Waals surface area contributed by atoms with Crippen LogP contribution >= 0.6 is 0 Å². The summed E-state index contributed by atoms with van der Waals surface area (Å²) in [6.07, 6.45) is 1.62. The van der Waals surface area contributed by atoms with Crippen molar-refractivity contribution in [2.45, 2.75) is 6.54 Å². The van der Waals surface area contributed by atoms with Crippen LogP contribution in [0.5, 0.6) is 17.2 Å². The van der Waals surface area contributed by atoms with Gasteiger partial charge in [-0.25, -0.2) is 0 Å². The lowest BCUT2D eigenvalue weighted by atomic mass is 9.97. The topological polar surface area (TPSA) is 56.8 Å². The highest BCUT2D eigenvalue weighted by atomic mass is 16.5. The average molecular weight is 403 g/mol. The Kier molecular flexibility index (Phi) is 7.11. The van der Waals surface area contributed by atoms with Crippen molar-refractivity contribution in [2.75, 3.05) is 21.3 Å². The summed E-state index contributed by atoms with van der Waals surface area (Å²) >= 11 is 0. The fraction of sp³-hybridized carbons (Fsp3) is 0.160. The van der Waals surface area contributed by atoms with Crippen LogP contribution in [0.15, 0.2) is 78.9 Å². The number of carbonyl (C=O) groups is 1. The molecule has 0 radical (unpaired) electrons. The quantitative estimate of drug-likeness (QED) is 0.564. The van der Waals surface area contributed by atoms with E-state index in [1.54, 1.807) is 27.4 Å². The van der Waals surface area contributed by atoms with Gasteiger partial charge in [-0.05, 0) is 58.7 Å². The first-order valence-corrected chi connectivity index (χ1v) is 9.54. The zero-order chi connectivity index (χ0) is 21.3. The normalized spacial score (nSPS) is 10.1. The molecule has 0 aromatic heterocycles. The summed E-state index contributed by atoms with van der Waals surface area (Å²) in [7, 11) is 4.88. The molecule has 3 rings (SSSR count). The van der Waals surface area contributed by atoms with Gasteiger partial charge < -0.3 is 19.5 Å². The molecule has 3 aromatic rings. The first kappa shape index (κ1) is 21.0. The first-order chi connectivity index (χ1) is 14.6. The predicted octanol–water partition coefficient (Wildman–Crippen LogP) is 4.46. The van der Waals surface area contributed by atoms with Crippen molar-refractivity contribution in [1.82, 2.24) is 5.32 Å². The minimum atomic E-state index is -0.174. The number of methoxy groups -OCH3 is 3. The van der Waals surface area contributed by atoms with Gasteiger partial charge in [0, 0.05) is 12.6 Å². The highest BCUT2D eigenvalue weighted by molar-refractivity contribution is 5.99. The molecule has 30 heavy (non-hydrogen) atoms. The average Bonchev–Trinajstić information content (AvgIpc) is 2.81. The van der Waals surface area contributed by atoms with E-state index < -0.39 is 0 Å². The molecule has 0 fully saturated rings. The Morgan fingerprint density at radius 2 is 1.10 bits per heavy atom. The number of hydrogen-bond acceptors (Lipinski definition) is 4. The number of ether oxygens (including phenoxy) is 3. The summed E-state index contributed by atoms with van der Waals surface area (Å²) in [5.41, 5.74) is 3.64. The molecule has 3 aromatic carbocycles. The van der Waals surface area contributed by atoms with Crippen LogP contribution in [-0.4, -0.2) is 27.2 Å². The van der Waals surface area contributed by atoms with E-state index in [0.717, 1.165) is 39.5 Å². The maximum Gasteiger partial charge on any atom is 0.244 e. The molecule has 0 unspecified atom stereocenters. The number of carbonyl (C=O) groups excluding carboxylic acids is 1. The summed E-state index contributed by atoms with van der Waals surface area (Å²) in [6, 6.07) is 22.9. The van der Waals surface area contributed by atoms with Gasteiger partial charge in [-0.1, -0.05) is 36.4 Å². The number of amides is 1. The Morgan fingerprint density at radius 1 is 0.700 bits per heavy atom. The van der Waals surface area contributed by atoms with E-state index in [1.165, 1.54) is 0 Å². The monoisotopic (exact) mass is 403 g/mol. The van der Waals surface area contributed by atoms with Gasteiger partial charge >= 0.3 is 0 Å². The van der Waals surface area contributed by atoms with E-state index >= 15 is 0 Å². The summed E-state index contributed by atoms with van der Waals surface area (Å²) in [5.74, 6) is 2.13. The lowest BCUT2D eigenvalue weighted by molar-refractivity contribution is -0.116. The molecule has 0 bridgehead atoms. The zero-order valence-corrected chi connectivity index (χ0v) is 17.3. The van der Waals surface area contributed by atoms with Crippen LogP contribution in [0.25, 0.3) is 5.57 Å². The number of nitrogens with one attached hydrogen (secondary N) is 1. The smallest absolute Gasteiger partial charge is 0.244 e. The SMILES string of the molecule is COc1ccc(CNC(=O)C=C(c2ccc(OC)cc2)c2ccc(OC)cc2)cc1. The highest BCUT2D eigenvalue weighted by Gasteiger charge is 2.09. The molecule has 1 amide bonds. The maximum absolute atomic E-state index is 12.7. The Balaban J connectivity index is 1.83. The number of rotatable bonds is 8.